The van der Waals surface area contributed by atoms with Crippen LogP contribution >= 0.6 is 11.3 Å². The van der Waals surface area contributed by atoms with Crippen LogP contribution in [0.25, 0.3) is 0 Å². The van der Waals surface area contributed by atoms with Gasteiger partial charge in [0.05, 0.1) is 13.2 Å². The summed E-state index contributed by atoms with van der Waals surface area (Å²) in [4.78, 5) is 22.8. The minimum atomic E-state index is -3.07. The fourth-order valence-corrected chi connectivity index (χ4v) is 2.05. The molecule has 1 aromatic heterocycles. The van der Waals surface area contributed by atoms with Gasteiger partial charge in [-0.15, -0.1) is 17.9 Å². The van der Waals surface area contributed by atoms with E-state index >= 15 is 0 Å². The van der Waals surface area contributed by atoms with E-state index in [9.17, 15) is 18.4 Å². The lowest BCUT2D eigenvalue weighted by atomic mass is 10.3. The summed E-state index contributed by atoms with van der Waals surface area (Å²) in [6, 6.07) is -0.102. The van der Waals surface area contributed by atoms with Crippen molar-refractivity contribution in [3.05, 3.63) is 29.0 Å². The van der Waals surface area contributed by atoms with Crippen molar-refractivity contribution in [1.29, 1.82) is 0 Å². The van der Waals surface area contributed by atoms with Gasteiger partial charge < -0.3 is 19.9 Å². The van der Waals surface area contributed by atoms with E-state index in [2.05, 4.69) is 16.6 Å². The van der Waals surface area contributed by atoms with Crippen molar-refractivity contribution < 1.29 is 33.0 Å². The van der Waals surface area contributed by atoms with Crippen LogP contribution in [0.1, 0.15) is 9.67 Å². The summed E-state index contributed by atoms with van der Waals surface area (Å²) in [6.45, 7) is 0.175. The van der Waals surface area contributed by atoms with E-state index < -0.39 is 24.5 Å². The zero-order chi connectivity index (χ0) is 15.8. The fraction of sp³-hybridized carbons (Fsp3) is 0.333. The van der Waals surface area contributed by atoms with Gasteiger partial charge in [-0.2, -0.15) is 8.78 Å². The molecule has 0 aliphatic rings. The molecule has 1 rings (SSSR count). The van der Waals surface area contributed by atoms with Gasteiger partial charge in [-0.1, -0.05) is 6.08 Å². The third-order valence-corrected chi connectivity index (χ3v) is 3.07. The van der Waals surface area contributed by atoms with Gasteiger partial charge in [0, 0.05) is 0 Å². The number of alkyl halides is 2. The second-order valence-corrected chi connectivity index (χ2v) is 4.60. The summed E-state index contributed by atoms with van der Waals surface area (Å²) in [5.41, 5.74) is 0. The lowest BCUT2D eigenvalue weighted by molar-refractivity contribution is -0.140. The minimum absolute atomic E-state index is 0.123. The molecule has 1 atom stereocenters. The molecule has 1 heterocycles. The largest absolute Gasteiger partial charge is 0.480 e. The molecule has 21 heavy (non-hydrogen) atoms. The number of carboxylic acids is 1. The summed E-state index contributed by atoms with van der Waals surface area (Å²) in [5, 5.41) is 12.5. The number of aliphatic carboxylic acids is 1. The maximum Gasteiger partial charge on any atom is 0.387 e. The average Bonchev–Trinajstić information content (AvgIpc) is 2.84. The first-order chi connectivity index (χ1) is 9.95. The Balaban J connectivity index is 2.71. The molecular formula is C12H13F2NO5S. The van der Waals surface area contributed by atoms with Crippen LogP contribution in [-0.4, -0.2) is 42.9 Å². The predicted octanol–water partition coefficient (Wildman–Crippen LogP) is 1.74. The normalized spacial score (nSPS) is 12.0. The number of thiophene rings is 1. The van der Waals surface area contributed by atoms with Crippen molar-refractivity contribution in [1.82, 2.24) is 5.32 Å². The maximum atomic E-state index is 12.2. The molecule has 0 aliphatic heterocycles. The number of rotatable bonds is 9. The minimum Gasteiger partial charge on any atom is -0.480 e. The third-order valence-electron chi connectivity index (χ3n) is 2.18. The summed E-state index contributed by atoms with van der Waals surface area (Å²) in [7, 11) is 0. The van der Waals surface area contributed by atoms with Crippen LogP contribution in [0, 0.1) is 0 Å². The molecule has 0 saturated carbocycles. The van der Waals surface area contributed by atoms with E-state index in [1.807, 2.05) is 0 Å². The third kappa shape index (κ3) is 5.48. The van der Waals surface area contributed by atoms with Crippen LogP contribution in [-0.2, 0) is 9.53 Å². The highest BCUT2D eigenvalue weighted by atomic mass is 32.1. The first-order valence-electron chi connectivity index (χ1n) is 5.70. The van der Waals surface area contributed by atoms with Gasteiger partial charge in [0.25, 0.3) is 5.91 Å². The molecule has 0 saturated heterocycles. The van der Waals surface area contributed by atoms with Crippen molar-refractivity contribution in [3.8, 4) is 5.75 Å². The maximum absolute atomic E-state index is 12.2. The zero-order valence-electron chi connectivity index (χ0n) is 10.8. The van der Waals surface area contributed by atoms with E-state index in [4.69, 9.17) is 9.84 Å². The summed E-state index contributed by atoms with van der Waals surface area (Å²) in [5.74, 6) is -2.43. The van der Waals surface area contributed by atoms with Crippen molar-refractivity contribution in [2.24, 2.45) is 0 Å². The van der Waals surface area contributed by atoms with Crippen LogP contribution in [0.3, 0.4) is 0 Å². The van der Waals surface area contributed by atoms with Gasteiger partial charge in [0.2, 0.25) is 0 Å². The fourth-order valence-electron chi connectivity index (χ4n) is 1.32. The number of nitrogens with one attached hydrogen (secondary N) is 1. The monoisotopic (exact) mass is 321 g/mol. The Bertz CT molecular complexity index is 506. The lowest BCUT2D eigenvalue weighted by Crippen LogP contribution is -2.44. The van der Waals surface area contributed by atoms with Crippen LogP contribution in [0.2, 0.25) is 0 Å². The summed E-state index contributed by atoms with van der Waals surface area (Å²) >= 11 is 0.861. The Morgan fingerprint density at radius 2 is 2.24 bits per heavy atom. The number of ether oxygens (including phenoxy) is 2. The molecule has 1 unspecified atom stereocenters. The Morgan fingerprint density at radius 3 is 2.81 bits per heavy atom. The lowest BCUT2D eigenvalue weighted by Gasteiger charge is -2.14. The first kappa shape index (κ1) is 17.1. The topological polar surface area (TPSA) is 84.9 Å². The molecule has 0 fully saturated rings. The van der Waals surface area contributed by atoms with Crippen LogP contribution in [0.4, 0.5) is 8.78 Å². The molecule has 0 aliphatic carbocycles. The Labute approximate surface area is 123 Å². The van der Waals surface area contributed by atoms with E-state index in [0.29, 0.717) is 0 Å². The molecule has 1 aromatic rings. The van der Waals surface area contributed by atoms with Gasteiger partial charge in [-0.3, -0.25) is 4.79 Å². The molecule has 0 aromatic carbocycles. The van der Waals surface area contributed by atoms with E-state index in [-0.39, 0.29) is 23.8 Å². The number of halogens is 2. The van der Waals surface area contributed by atoms with Gasteiger partial charge in [-0.05, 0) is 11.4 Å². The Kier molecular flexibility index (Phi) is 6.76. The average molecular weight is 321 g/mol. The second kappa shape index (κ2) is 8.32. The van der Waals surface area contributed by atoms with Crippen molar-refractivity contribution in [2.75, 3.05) is 13.2 Å². The zero-order valence-corrected chi connectivity index (χ0v) is 11.6. The number of carbonyl (C=O) groups excluding carboxylic acids is 1. The molecule has 0 spiro atoms. The van der Waals surface area contributed by atoms with Gasteiger partial charge >= 0.3 is 12.6 Å². The number of carboxylic acid groups (broad SMARTS) is 1. The van der Waals surface area contributed by atoms with E-state index in [0.717, 1.165) is 11.3 Å². The second-order valence-electron chi connectivity index (χ2n) is 3.68. The molecule has 9 heteroatoms. The highest BCUT2D eigenvalue weighted by molar-refractivity contribution is 7.12. The number of carbonyl (C=O) groups is 2. The molecule has 116 valence electrons. The van der Waals surface area contributed by atoms with E-state index in [1.54, 1.807) is 0 Å². The highest BCUT2D eigenvalue weighted by Gasteiger charge is 2.24. The molecular weight excluding hydrogens is 308 g/mol. The van der Waals surface area contributed by atoms with Crippen LogP contribution < -0.4 is 10.1 Å². The molecule has 1 amide bonds. The van der Waals surface area contributed by atoms with E-state index in [1.165, 1.54) is 17.5 Å². The molecule has 2 N–H and O–H groups in total. The van der Waals surface area contributed by atoms with Crippen molar-refractivity contribution in [2.45, 2.75) is 12.7 Å². The van der Waals surface area contributed by atoms with Crippen LogP contribution in [0.5, 0.6) is 5.75 Å². The standard InChI is InChI=1S/C12H13F2NO5S/c1-2-4-19-6-7(11(17)18)15-10(16)9-8(3-5-21-9)20-12(13)14/h2-3,5,7,12H,1,4,6H2,(H,15,16)(H,17,18). The SMILES string of the molecule is C=CCOCC(NC(=O)c1sccc1OC(F)F)C(=O)O. The molecule has 0 radical (unpaired) electrons. The molecule has 6 nitrogen and oxygen atoms in total. The molecule has 0 bridgehead atoms. The predicted molar refractivity (Wildman–Crippen MR) is 70.9 cm³/mol. The van der Waals surface area contributed by atoms with Gasteiger partial charge in [0.1, 0.15) is 10.6 Å². The summed E-state index contributed by atoms with van der Waals surface area (Å²) in [6.07, 6.45) is 1.43. The number of hydrogen-bond acceptors (Lipinski definition) is 5. The van der Waals surface area contributed by atoms with Crippen molar-refractivity contribution in [3.63, 3.8) is 0 Å². The summed E-state index contributed by atoms with van der Waals surface area (Å²) < 4.78 is 33.5. The highest BCUT2D eigenvalue weighted by Crippen LogP contribution is 2.26. The van der Waals surface area contributed by atoms with Gasteiger partial charge in [-0.25, -0.2) is 4.79 Å². The smallest absolute Gasteiger partial charge is 0.387 e. The Hall–Kier alpha value is -2.00. The number of hydrogen-bond donors (Lipinski definition) is 2. The van der Waals surface area contributed by atoms with Crippen LogP contribution in [0.15, 0.2) is 24.1 Å². The quantitative estimate of drug-likeness (QED) is 0.534. The number of amides is 1. The van der Waals surface area contributed by atoms with Crippen molar-refractivity contribution >= 4 is 23.2 Å². The first-order valence-corrected chi connectivity index (χ1v) is 6.58. The van der Waals surface area contributed by atoms with Gasteiger partial charge in [0.15, 0.2) is 6.04 Å². The Morgan fingerprint density at radius 1 is 1.52 bits per heavy atom.